The van der Waals surface area contributed by atoms with E-state index in [-0.39, 0.29) is 5.56 Å². The maximum absolute atomic E-state index is 12.8. The lowest BCUT2D eigenvalue weighted by Crippen LogP contribution is -2.73. The summed E-state index contributed by atoms with van der Waals surface area (Å²) in [6, 6.07) is 27.5. The van der Waals surface area contributed by atoms with Crippen molar-refractivity contribution in [3.8, 4) is 0 Å². The van der Waals surface area contributed by atoms with Gasteiger partial charge < -0.3 is 29.6 Å². The van der Waals surface area contributed by atoms with E-state index < -0.39 is 55.9 Å². The van der Waals surface area contributed by atoms with Gasteiger partial charge in [-0.2, -0.15) is 0 Å². The number of aliphatic hydroxyl groups excluding tert-OH is 4. The Morgan fingerprint density at radius 1 is 0.649 bits per heavy atom. The van der Waals surface area contributed by atoms with Gasteiger partial charge in [-0.25, -0.2) is 4.79 Å². The number of carbonyl (C=O) groups is 1. The first kappa shape index (κ1) is 27.2. The maximum Gasteiger partial charge on any atom is 0.338 e. The van der Waals surface area contributed by atoms with E-state index >= 15 is 0 Å². The van der Waals surface area contributed by atoms with Gasteiger partial charge in [-0.15, -0.1) is 0 Å². The Morgan fingerprint density at radius 2 is 1.08 bits per heavy atom. The highest BCUT2D eigenvalue weighted by Crippen LogP contribution is 2.40. The first-order valence-corrected chi connectivity index (χ1v) is 14.3. The van der Waals surface area contributed by atoms with Crippen molar-refractivity contribution in [2.75, 3.05) is 0 Å². The second-order valence-corrected chi connectivity index (χ2v) is 14.7. The fourth-order valence-corrected chi connectivity index (χ4v) is 9.82. The lowest BCUT2D eigenvalue weighted by molar-refractivity contribution is -0.219. The number of aliphatic hydroxyl groups is 4. The van der Waals surface area contributed by atoms with Crippen molar-refractivity contribution in [1.82, 2.24) is 0 Å². The van der Waals surface area contributed by atoms with Gasteiger partial charge in [0.05, 0.1) is 5.56 Å². The molecule has 0 heterocycles. The zero-order valence-corrected chi connectivity index (χ0v) is 22.1. The molecular weight excluding hydrogens is 488 g/mol. The number of esters is 1. The molecule has 1 aliphatic rings. The second-order valence-electron chi connectivity index (χ2n) is 10.4. The molecule has 0 aromatic heterocycles. The van der Waals surface area contributed by atoms with Crippen molar-refractivity contribution < 1.29 is 34.4 Å². The highest BCUT2D eigenvalue weighted by atomic mass is 28.4. The van der Waals surface area contributed by atoms with Crippen molar-refractivity contribution in [3.05, 3.63) is 96.6 Å². The predicted octanol–water partition coefficient (Wildman–Crippen LogP) is 1.61. The molecule has 37 heavy (non-hydrogen) atoms. The minimum atomic E-state index is -3.26. The minimum Gasteiger partial charge on any atom is -0.453 e. The lowest BCUT2D eigenvalue weighted by atomic mass is 9.85. The number of hydrogen-bond acceptors (Lipinski definition) is 7. The van der Waals surface area contributed by atoms with E-state index in [4.69, 9.17) is 9.16 Å². The molecule has 8 heteroatoms. The van der Waals surface area contributed by atoms with E-state index in [0.29, 0.717) is 0 Å². The van der Waals surface area contributed by atoms with E-state index in [9.17, 15) is 25.2 Å². The molecule has 1 fully saturated rings. The highest BCUT2D eigenvalue weighted by molar-refractivity contribution is 6.99. The monoisotopic (exact) mass is 522 g/mol. The Hall–Kier alpha value is -2.85. The molecule has 196 valence electrons. The molecule has 1 aliphatic carbocycles. The maximum atomic E-state index is 12.8. The van der Waals surface area contributed by atoms with Crippen LogP contribution in [0.2, 0.25) is 5.04 Å². The molecule has 0 spiro atoms. The summed E-state index contributed by atoms with van der Waals surface area (Å²) in [7, 11) is -3.26. The first-order chi connectivity index (χ1) is 17.6. The molecule has 0 amide bonds. The number of carbonyl (C=O) groups excluding carboxylic acids is 1. The van der Waals surface area contributed by atoms with E-state index in [1.807, 2.05) is 81.4 Å². The fraction of sp³-hybridized carbons (Fsp3) is 0.345. The molecule has 4 N–H and O–H groups in total. The van der Waals surface area contributed by atoms with Gasteiger partial charge >= 0.3 is 5.97 Å². The Balaban J connectivity index is 1.77. The minimum absolute atomic E-state index is 0.229. The van der Waals surface area contributed by atoms with Crippen LogP contribution >= 0.6 is 0 Å². The molecule has 0 bridgehead atoms. The third-order valence-corrected chi connectivity index (χ3v) is 12.1. The van der Waals surface area contributed by atoms with Gasteiger partial charge in [0.25, 0.3) is 8.32 Å². The summed E-state index contributed by atoms with van der Waals surface area (Å²) in [4.78, 5) is 12.8. The summed E-state index contributed by atoms with van der Waals surface area (Å²) in [6.45, 7) is 6.12. The average Bonchev–Trinajstić information content (AvgIpc) is 2.91. The van der Waals surface area contributed by atoms with Crippen LogP contribution in [0.1, 0.15) is 31.1 Å². The molecule has 7 nitrogen and oxygen atoms in total. The van der Waals surface area contributed by atoms with Crippen LogP contribution in [0.3, 0.4) is 0 Å². The summed E-state index contributed by atoms with van der Waals surface area (Å²) in [5, 5.41) is 45.2. The fourth-order valence-electron chi connectivity index (χ4n) is 5.12. The van der Waals surface area contributed by atoms with Gasteiger partial charge in [-0.05, 0) is 27.5 Å². The van der Waals surface area contributed by atoms with Crippen LogP contribution in [0.15, 0.2) is 91.0 Å². The highest BCUT2D eigenvalue weighted by Gasteiger charge is 2.58. The van der Waals surface area contributed by atoms with Gasteiger partial charge in [0.2, 0.25) is 0 Å². The molecule has 1 saturated carbocycles. The molecule has 4 rings (SSSR count). The SMILES string of the molecule is CC(C)(C)[Si](O[C@@H]1[C@H](O)[C@H](OC(=O)c2ccccc2)[C@@H](O)[C@H](O)[C@H]1O)(c1ccccc1)c1ccccc1. The van der Waals surface area contributed by atoms with Crippen molar-refractivity contribution in [1.29, 1.82) is 0 Å². The van der Waals surface area contributed by atoms with Gasteiger partial charge in [0.1, 0.15) is 30.5 Å². The standard InChI is InChI=1S/C29H34O7Si/c1-29(2,3)37(20-15-9-5-10-16-20,21-17-11-6-12-18-21)36-27-24(32)22(30)23(31)26(25(27)33)35-28(34)19-13-7-4-8-14-19/h4-18,22-27,30-33H,1-3H3/t22-,23-,24+,25+,26+,27-/m0/s1. The average molecular weight is 523 g/mol. The molecular formula is C29H34O7Si. The van der Waals surface area contributed by atoms with Crippen molar-refractivity contribution in [3.63, 3.8) is 0 Å². The Bertz CT molecular complexity index is 1130. The zero-order chi connectivity index (χ0) is 26.8. The van der Waals surface area contributed by atoms with Gasteiger partial charge in [0, 0.05) is 0 Å². The quantitative estimate of drug-likeness (QED) is 0.287. The smallest absolute Gasteiger partial charge is 0.338 e. The van der Waals surface area contributed by atoms with Crippen LogP contribution in [0.25, 0.3) is 0 Å². The predicted molar refractivity (Wildman–Crippen MR) is 142 cm³/mol. The van der Waals surface area contributed by atoms with Crippen molar-refractivity contribution in [2.45, 2.75) is 62.4 Å². The summed E-state index contributed by atoms with van der Waals surface area (Å²) in [5.74, 6) is -0.767. The largest absolute Gasteiger partial charge is 0.453 e. The van der Waals surface area contributed by atoms with E-state index in [0.717, 1.165) is 10.4 Å². The van der Waals surface area contributed by atoms with Crippen LogP contribution < -0.4 is 10.4 Å². The summed E-state index contributed by atoms with van der Waals surface area (Å²) >= 11 is 0. The van der Waals surface area contributed by atoms with Crippen LogP contribution in [0, 0.1) is 0 Å². The molecule has 0 saturated heterocycles. The Labute approximate surface area is 218 Å². The Kier molecular flexibility index (Phi) is 7.98. The topological polar surface area (TPSA) is 116 Å². The van der Waals surface area contributed by atoms with E-state index in [1.54, 1.807) is 30.3 Å². The van der Waals surface area contributed by atoms with Gasteiger partial charge in [0.15, 0.2) is 6.10 Å². The van der Waals surface area contributed by atoms with Crippen LogP contribution in [0.5, 0.6) is 0 Å². The third-order valence-electron chi connectivity index (χ3n) is 7.03. The lowest BCUT2D eigenvalue weighted by Gasteiger charge is -2.50. The van der Waals surface area contributed by atoms with Crippen LogP contribution in [0.4, 0.5) is 0 Å². The Morgan fingerprint density at radius 3 is 1.54 bits per heavy atom. The van der Waals surface area contributed by atoms with Crippen molar-refractivity contribution >= 4 is 24.7 Å². The summed E-state index contributed by atoms with van der Waals surface area (Å²) < 4.78 is 12.3. The number of rotatable bonds is 6. The number of benzene rings is 3. The van der Waals surface area contributed by atoms with Gasteiger partial charge in [-0.3, -0.25) is 0 Å². The van der Waals surface area contributed by atoms with E-state index in [1.165, 1.54) is 0 Å². The molecule has 3 aromatic rings. The number of hydrogen-bond donors (Lipinski definition) is 4. The molecule has 0 aliphatic heterocycles. The molecule has 3 aromatic carbocycles. The number of ether oxygens (including phenoxy) is 1. The first-order valence-electron chi connectivity index (χ1n) is 12.3. The van der Waals surface area contributed by atoms with Crippen molar-refractivity contribution in [2.24, 2.45) is 0 Å². The second kappa shape index (κ2) is 10.9. The summed E-state index contributed by atoms with van der Waals surface area (Å²) in [5.41, 5.74) is 0.229. The van der Waals surface area contributed by atoms with Crippen LogP contribution in [-0.2, 0) is 9.16 Å². The third kappa shape index (κ3) is 5.13. The van der Waals surface area contributed by atoms with Gasteiger partial charge in [-0.1, -0.05) is 99.6 Å². The zero-order valence-electron chi connectivity index (χ0n) is 21.1. The van der Waals surface area contributed by atoms with Crippen LogP contribution in [-0.4, -0.2) is 71.3 Å². The van der Waals surface area contributed by atoms with E-state index in [2.05, 4.69) is 0 Å². The molecule has 6 atom stereocenters. The molecule has 0 radical (unpaired) electrons. The normalized spacial score (nSPS) is 26.5. The molecule has 0 unspecified atom stereocenters. The summed E-state index contributed by atoms with van der Waals surface area (Å²) in [6.07, 6.45) is -9.52.